The summed E-state index contributed by atoms with van der Waals surface area (Å²) < 4.78 is 21.8. The zero-order chi connectivity index (χ0) is 21.9. The second-order valence-corrected chi connectivity index (χ2v) is 6.55. The van der Waals surface area contributed by atoms with Gasteiger partial charge in [-0.05, 0) is 26.7 Å². The van der Waals surface area contributed by atoms with Gasteiger partial charge in [0.25, 0.3) is 0 Å². The van der Waals surface area contributed by atoms with Crippen molar-refractivity contribution < 1.29 is 28.5 Å². The molecule has 0 bridgehead atoms. The summed E-state index contributed by atoms with van der Waals surface area (Å²) >= 11 is 0. The van der Waals surface area contributed by atoms with E-state index in [9.17, 15) is 9.59 Å². The van der Waals surface area contributed by atoms with Crippen molar-refractivity contribution in [1.82, 2.24) is 9.97 Å². The van der Waals surface area contributed by atoms with Crippen molar-refractivity contribution >= 4 is 23.0 Å². The van der Waals surface area contributed by atoms with E-state index >= 15 is 0 Å². The van der Waals surface area contributed by atoms with E-state index in [2.05, 4.69) is 23.8 Å². The first-order valence-corrected chi connectivity index (χ1v) is 10.5. The average Bonchev–Trinajstić information content (AvgIpc) is 2.73. The van der Waals surface area contributed by atoms with Gasteiger partial charge in [-0.25, -0.2) is 19.6 Å². The number of carbonyl (C=O) groups excluding carboxylic acids is 2. The Morgan fingerprint density at radius 3 is 1.47 bits per heavy atom. The van der Waals surface area contributed by atoms with Crippen LogP contribution in [0.4, 0.5) is 0 Å². The number of benzene rings is 1. The van der Waals surface area contributed by atoms with Crippen LogP contribution < -0.4 is 9.47 Å². The number of unbranched alkanes of at least 4 members (excludes halogenated alkanes) is 2. The van der Waals surface area contributed by atoms with Gasteiger partial charge in [0.2, 0.25) is 0 Å². The van der Waals surface area contributed by atoms with Crippen LogP contribution in [0.3, 0.4) is 0 Å². The maximum atomic E-state index is 12.4. The number of hydrogen-bond donors (Lipinski definition) is 0. The fraction of sp³-hybridized carbons (Fsp3) is 0.545. The second-order valence-electron chi connectivity index (χ2n) is 6.55. The number of nitrogens with zero attached hydrogens (tertiary/aromatic N) is 2. The van der Waals surface area contributed by atoms with Gasteiger partial charge in [0.15, 0.2) is 22.9 Å². The molecule has 0 saturated carbocycles. The van der Waals surface area contributed by atoms with Gasteiger partial charge < -0.3 is 18.9 Å². The van der Waals surface area contributed by atoms with E-state index in [0.29, 0.717) is 35.7 Å². The third kappa shape index (κ3) is 6.05. The molecule has 2 rings (SSSR count). The third-order valence-electron chi connectivity index (χ3n) is 4.18. The molecule has 164 valence electrons. The van der Waals surface area contributed by atoms with E-state index in [1.165, 1.54) is 0 Å². The van der Waals surface area contributed by atoms with Crippen molar-refractivity contribution in [3.8, 4) is 11.5 Å². The Kier molecular flexibility index (Phi) is 9.31. The van der Waals surface area contributed by atoms with Gasteiger partial charge >= 0.3 is 11.9 Å². The van der Waals surface area contributed by atoms with Crippen molar-refractivity contribution in [3.05, 3.63) is 23.5 Å². The molecule has 0 radical (unpaired) electrons. The number of ether oxygens (including phenoxy) is 4. The Morgan fingerprint density at radius 1 is 0.733 bits per heavy atom. The lowest BCUT2D eigenvalue weighted by atomic mass is 10.2. The van der Waals surface area contributed by atoms with Gasteiger partial charge in [-0.2, -0.15) is 0 Å². The molecular weight excluding hydrogens is 388 g/mol. The number of rotatable bonds is 12. The molecular formula is C22H30N2O6. The highest BCUT2D eigenvalue weighted by molar-refractivity contribution is 6.02. The summed E-state index contributed by atoms with van der Waals surface area (Å²) in [6.45, 7) is 8.88. The summed E-state index contributed by atoms with van der Waals surface area (Å²) in [5.41, 5.74) is 0.449. The van der Waals surface area contributed by atoms with Gasteiger partial charge in [0.05, 0.1) is 37.5 Å². The Balaban J connectivity index is 2.55. The normalized spacial score (nSPS) is 10.7. The molecule has 1 aromatic heterocycles. The van der Waals surface area contributed by atoms with E-state index in [0.717, 1.165) is 25.7 Å². The molecule has 0 aliphatic heterocycles. The standard InChI is InChI=1S/C22H30N2O6/c1-5-9-11-29-17-13-15-16(14-18(17)30-12-10-6-2)24-20(22(26)28-8-4)19(23-15)21(25)27-7-3/h13-14H,5-12H2,1-4H3. The van der Waals surface area contributed by atoms with Crippen LogP contribution in [0.2, 0.25) is 0 Å². The molecule has 8 heteroatoms. The molecule has 0 atom stereocenters. The highest BCUT2D eigenvalue weighted by atomic mass is 16.5. The molecule has 1 aromatic carbocycles. The molecule has 0 saturated heterocycles. The predicted molar refractivity (Wildman–Crippen MR) is 112 cm³/mol. The summed E-state index contributed by atoms with van der Waals surface area (Å²) in [5, 5.41) is 0. The Morgan fingerprint density at radius 2 is 1.13 bits per heavy atom. The Bertz CT molecular complexity index is 798. The van der Waals surface area contributed by atoms with Crippen molar-refractivity contribution in [2.45, 2.75) is 53.4 Å². The average molecular weight is 418 g/mol. The first-order chi connectivity index (χ1) is 14.5. The maximum absolute atomic E-state index is 12.4. The van der Waals surface area contributed by atoms with Crippen molar-refractivity contribution in [2.24, 2.45) is 0 Å². The SMILES string of the molecule is CCCCOc1cc2nc(C(=O)OCC)c(C(=O)OCC)nc2cc1OCCCC. The number of fused-ring (bicyclic) bond motifs is 1. The number of aromatic nitrogens is 2. The fourth-order valence-electron chi connectivity index (χ4n) is 2.63. The number of hydrogen-bond acceptors (Lipinski definition) is 8. The second kappa shape index (κ2) is 11.9. The maximum Gasteiger partial charge on any atom is 0.359 e. The van der Waals surface area contributed by atoms with Gasteiger partial charge in [0.1, 0.15) is 0 Å². The Labute approximate surface area is 176 Å². The van der Waals surface area contributed by atoms with E-state index in [1.807, 2.05) is 0 Å². The zero-order valence-electron chi connectivity index (χ0n) is 18.2. The summed E-state index contributed by atoms with van der Waals surface area (Å²) in [5.74, 6) is -0.404. The minimum absolute atomic E-state index is 0.149. The van der Waals surface area contributed by atoms with E-state index in [1.54, 1.807) is 26.0 Å². The number of esters is 2. The minimum Gasteiger partial charge on any atom is -0.490 e. The van der Waals surface area contributed by atoms with Crippen LogP contribution in [-0.2, 0) is 9.47 Å². The lowest BCUT2D eigenvalue weighted by Gasteiger charge is -2.14. The zero-order valence-corrected chi connectivity index (χ0v) is 18.2. The molecule has 2 aromatic rings. The molecule has 0 amide bonds. The van der Waals surface area contributed by atoms with Crippen LogP contribution in [0, 0.1) is 0 Å². The molecule has 0 unspecified atom stereocenters. The minimum atomic E-state index is -0.730. The molecule has 1 heterocycles. The smallest absolute Gasteiger partial charge is 0.359 e. The largest absolute Gasteiger partial charge is 0.490 e. The molecule has 0 aliphatic carbocycles. The summed E-state index contributed by atoms with van der Waals surface area (Å²) in [6.07, 6.45) is 3.78. The first kappa shape index (κ1) is 23.4. The monoisotopic (exact) mass is 418 g/mol. The fourth-order valence-corrected chi connectivity index (χ4v) is 2.63. The topological polar surface area (TPSA) is 96.8 Å². The summed E-state index contributed by atoms with van der Waals surface area (Å²) in [6, 6.07) is 3.36. The first-order valence-electron chi connectivity index (χ1n) is 10.5. The lowest BCUT2D eigenvalue weighted by Crippen LogP contribution is -2.18. The molecule has 30 heavy (non-hydrogen) atoms. The van der Waals surface area contributed by atoms with E-state index in [-0.39, 0.29) is 24.6 Å². The van der Waals surface area contributed by atoms with Gasteiger partial charge in [-0.3, -0.25) is 0 Å². The van der Waals surface area contributed by atoms with Crippen molar-refractivity contribution in [1.29, 1.82) is 0 Å². The summed E-state index contributed by atoms with van der Waals surface area (Å²) in [7, 11) is 0. The van der Waals surface area contributed by atoms with Gasteiger partial charge in [-0.1, -0.05) is 26.7 Å². The van der Waals surface area contributed by atoms with Crippen molar-refractivity contribution in [3.63, 3.8) is 0 Å². The van der Waals surface area contributed by atoms with E-state index in [4.69, 9.17) is 18.9 Å². The Hall–Kier alpha value is -2.90. The highest BCUT2D eigenvalue weighted by Crippen LogP contribution is 2.32. The molecule has 8 nitrogen and oxygen atoms in total. The predicted octanol–water partition coefficient (Wildman–Crippen LogP) is 4.34. The lowest BCUT2D eigenvalue weighted by molar-refractivity contribution is 0.0468. The van der Waals surface area contributed by atoms with Crippen LogP contribution in [0.25, 0.3) is 11.0 Å². The van der Waals surface area contributed by atoms with Crippen LogP contribution >= 0.6 is 0 Å². The molecule has 0 spiro atoms. The summed E-state index contributed by atoms with van der Waals surface area (Å²) in [4.78, 5) is 33.4. The van der Waals surface area contributed by atoms with Crippen LogP contribution in [0.5, 0.6) is 11.5 Å². The van der Waals surface area contributed by atoms with Crippen LogP contribution in [0.1, 0.15) is 74.4 Å². The molecule has 0 N–H and O–H groups in total. The highest BCUT2D eigenvalue weighted by Gasteiger charge is 2.25. The van der Waals surface area contributed by atoms with E-state index < -0.39 is 11.9 Å². The third-order valence-corrected chi connectivity index (χ3v) is 4.18. The van der Waals surface area contributed by atoms with Gasteiger partial charge in [-0.15, -0.1) is 0 Å². The molecule has 0 fully saturated rings. The quantitative estimate of drug-likeness (QED) is 0.371. The van der Waals surface area contributed by atoms with Gasteiger partial charge in [0, 0.05) is 12.1 Å². The van der Waals surface area contributed by atoms with Crippen LogP contribution in [-0.4, -0.2) is 48.3 Å². The van der Waals surface area contributed by atoms with Crippen LogP contribution in [0.15, 0.2) is 12.1 Å². The number of carbonyl (C=O) groups is 2. The molecule has 0 aliphatic rings. The van der Waals surface area contributed by atoms with Crippen molar-refractivity contribution in [2.75, 3.05) is 26.4 Å².